The molecule has 0 saturated heterocycles. The zero-order chi connectivity index (χ0) is 14.1. The molecule has 0 unspecified atom stereocenters. The van der Waals surface area contributed by atoms with Gasteiger partial charge in [-0.25, -0.2) is 0 Å². The van der Waals surface area contributed by atoms with Crippen molar-refractivity contribution in [3.8, 4) is 0 Å². The number of allylic oxidation sites excluding steroid dienone is 6. The van der Waals surface area contributed by atoms with Crippen molar-refractivity contribution in [2.45, 2.75) is 6.92 Å². The monoisotopic (exact) mass is 250 g/mol. The SMILES string of the molecule is C=C/C=C(\C=C/C)C(=N)/C=C(\N=C)c1ccccc1. The fourth-order valence-electron chi connectivity index (χ4n) is 1.59. The summed E-state index contributed by atoms with van der Waals surface area (Å²) >= 11 is 0. The Morgan fingerprint density at radius 1 is 1.26 bits per heavy atom. The Balaban J connectivity index is 3.11. The van der Waals surface area contributed by atoms with Crippen molar-refractivity contribution >= 4 is 18.1 Å². The molecule has 0 aromatic heterocycles. The van der Waals surface area contributed by atoms with Crippen molar-refractivity contribution in [1.29, 1.82) is 5.41 Å². The molecule has 0 heterocycles. The molecule has 1 N–H and O–H groups in total. The van der Waals surface area contributed by atoms with Gasteiger partial charge in [-0.05, 0) is 25.3 Å². The number of rotatable bonds is 6. The van der Waals surface area contributed by atoms with E-state index >= 15 is 0 Å². The van der Waals surface area contributed by atoms with Crippen molar-refractivity contribution in [2.24, 2.45) is 4.99 Å². The van der Waals surface area contributed by atoms with Gasteiger partial charge in [-0.3, -0.25) is 4.99 Å². The third-order valence-electron chi connectivity index (χ3n) is 2.48. The number of hydrogen-bond acceptors (Lipinski definition) is 2. The minimum Gasteiger partial charge on any atom is -0.300 e. The standard InChI is InChI=1S/C17H18N2/c1-4-9-14(10-5-2)16(18)13-17(19-3)15-11-7-6-8-12-15/h4-13,18H,1,3H2,2H3/b10-5-,14-9+,17-13-,18-16?. The third kappa shape index (κ3) is 4.36. The maximum Gasteiger partial charge on any atom is 0.0716 e. The Hall–Kier alpha value is -2.48. The first-order chi connectivity index (χ1) is 9.22. The number of benzene rings is 1. The lowest BCUT2D eigenvalue weighted by atomic mass is 10.1. The molecule has 0 aliphatic heterocycles. The molecule has 0 spiro atoms. The van der Waals surface area contributed by atoms with Gasteiger partial charge in [0, 0.05) is 5.56 Å². The summed E-state index contributed by atoms with van der Waals surface area (Å²) in [6.07, 6.45) is 8.93. The average Bonchev–Trinajstić information content (AvgIpc) is 2.45. The summed E-state index contributed by atoms with van der Waals surface area (Å²) in [5.41, 5.74) is 2.80. The molecule has 19 heavy (non-hydrogen) atoms. The van der Waals surface area contributed by atoms with Gasteiger partial charge in [-0.15, -0.1) is 0 Å². The molecule has 96 valence electrons. The Labute approximate surface area is 114 Å². The molecule has 1 rings (SSSR count). The maximum atomic E-state index is 8.10. The lowest BCUT2D eigenvalue weighted by Gasteiger charge is -2.04. The van der Waals surface area contributed by atoms with E-state index in [1.54, 1.807) is 18.2 Å². The molecular weight excluding hydrogens is 232 g/mol. The van der Waals surface area contributed by atoms with Crippen LogP contribution in [0.2, 0.25) is 0 Å². The van der Waals surface area contributed by atoms with Crippen LogP contribution in [0.1, 0.15) is 12.5 Å². The average molecular weight is 250 g/mol. The Kier molecular flexibility index (Phi) is 5.96. The van der Waals surface area contributed by atoms with Crippen LogP contribution >= 0.6 is 0 Å². The van der Waals surface area contributed by atoms with Crippen LogP contribution in [0.25, 0.3) is 5.70 Å². The molecule has 0 bridgehead atoms. The molecule has 2 heteroatoms. The summed E-state index contributed by atoms with van der Waals surface area (Å²) in [5.74, 6) is 0. The van der Waals surface area contributed by atoms with E-state index < -0.39 is 0 Å². The van der Waals surface area contributed by atoms with Gasteiger partial charge in [0.05, 0.1) is 11.4 Å². The van der Waals surface area contributed by atoms with Gasteiger partial charge >= 0.3 is 0 Å². The van der Waals surface area contributed by atoms with Crippen LogP contribution in [0.5, 0.6) is 0 Å². The van der Waals surface area contributed by atoms with Crippen LogP contribution in [-0.2, 0) is 0 Å². The van der Waals surface area contributed by atoms with Crippen molar-refractivity contribution in [1.82, 2.24) is 0 Å². The summed E-state index contributed by atoms with van der Waals surface area (Å²) in [6.45, 7) is 9.14. The predicted molar refractivity (Wildman–Crippen MR) is 84.8 cm³/mol. The first kappa shape index (κ1) is 14.6. The van der Waals surface area contributed by atoms with E-state index in [0.717, 1.165) is 11.1 Å². The molecule has 1 aromatic carbocycles. The second-order valence-electron chi connectivity index (χ2n) is 3.83. The molecule has 0 aliphatic rings. The van der Waals surface area contributed by atoms with Gasteiger partial charge < -0.3 is 5.41 Å². The van der Waals surface area contributed by atoms with E-state index in [4.69, 9.17) is 5.41 Å². The smallest absolute Gasteiger partial charge is 0.0716 e. The van der Waals surface area contributed by atoms with Crippen molar-refractivity contribution in [3.05, 3.63) is 78.4 Å². The van der Waals surface area contributed by atoms with E-state index in [2.05, 4.69) is 18.3 Å². The van der Waals surface area contributed by atoms with E-state index in [1.807, 2.05) is 49.4 Å². The second kappa shape index (κ2) is 7.77. The van der Waals surface area contributed by atoms with Crippen LogP contribution in [-0.4, -0.2) is 12.4 Å². The van der Waals surface area contributed by atoms with Crippen LogP contribution in [0.15, 0.2) is 77.9 Å². The first-order valence-corrected chi connectivity index (χ1v) is 6.01. The van der Waals surface area contributed by atoms with E-state index in [-0.39, 0.29) is 0 Å². The van der Waals surface area contributed by atoms with Crippen LogP contribution in [0, 0.1) is 5.41 Å². The molecule has 0 radical (unpaired) electrons. The Morgan fingerprint density at radius 2 is 1.95 bits per heavy atom. The van der Waals surface area contributed by atoms with Crippen LogP contribution < -0.4 is 0 Å². The molecule has 0 fully saturated rings. The van der Waals surface area contributed by atoms with E-state index in [9.17, 15) is 0 Å². The Morgan fingerprint density at radius 3 is 2.47 bits per heavy atom. The first-order valence-electron chi connectivity index (χ1n) is 6.01. The zero-order valence-electron chi connectivity index (χ0n) is 11.1. The van der Waals surface area contributed by atoms with Crippen molar-refractivity contribution in [2.75, 3.05) is 0 Å². The lowest BCUT2D eigenvalue weighted by molar-refractivity contribution is 1.48. The number of nitrogens with one attached hydrogen (secondary N) is 1. The van der Waals surface area contributed by atoms with Gasteiger partial charge in [-0.1, -0.05) is 61.2 Å². The fraction of sp³-hybridized carbons (Fsp3) is 0.0588. The zero-order valence-corrected chi connectivity index (χ0v) is 11.1. The lowest BCUT2D eigenvalue weighted by Crippen LogP contribution is -1.96. The maximum absolute atomic E-state index is 8.10. The highest BCUT2D eigenvalue weighted by Crippen LogP contribution is 2.16. The molecule has 0 amide bonds. The summed E-state index contributed by atoms with van der Waals surface area (Å²) in [4.78, 5) is 3.99. The quantitative estimate of drug-likeness (QED) is 0.572. The number of hydrogen-bond donors (Lipinski definition) is 1. The minimum atomic E-state index is 0.379. The van der Waals surface area contributed by atoms with Crippen molar-refractivity contribution < 1.29 is 0 Å². The Bertz CT molecular complexity index is 546. The van der Waals surface area contributed by atoms with Gasteiger partial charge in [-0.2, -0.15) is 0 Å². The summed E-state index contributed by atoms with van der Waals surface area (Å²) in [7, 11) is 0. The van der Waals surface area contributed by atoms with Crippen molar-refractivity contribution in [3.63, 3.8) is 0 Å². The topological polar surface area (TPSA) is 36.2 Å². The molecule has 2 nitrogen and oxygen atoms in total. The minimum absolute atomic E-state index is 0.379. The summed E-state index contributed by atoms with van der Waals surface area (Å²) in [5, 5.41) is 8.10. The van der Waals surface area contributed by atoms with E-state index in [0.29, 0.717) is 11.4 Å². The molecule has 0 saturated carbocycles. The van der Waals surface area contributed by atoms with Gasteiger partial charge in [0.1, 0.15) is 0 Å². The summed E-state index contributed by atoms with van der Waals surface area (Å²) < 4.78 is 0. The van der Waals surface area contributed by atoms with E-state index in [1.165, 1.54) is 0 Å². The highest BCUT2D eigenvalue weighted by molar-refractivity contribution is 6.11. The second-order valence-corrected chi connectivity index (χ2v) is 3.83. The van der Waals surface area contributed by atoms with Gasteiger partial charge in [0.2, 0.25) is 0 Å². The largest absolute Gasteiger partial charge is 0.300 e. The van der Waals surface area contributed by atoms with Crippen LogP contribution in [0.3, 0.4) is 0 Å². The predicted octanol–water partition coefficient (Wildman–Crippen LogP) is 4.44. The normalized spacial score (nSPS) is 12.5. The van der Waals surface area contributed by atoms with Gasteiger partial charge in [0.25, 0.3) is 0 Å². The molecule has 1 aromatic rings. The molecule has 0 aliphatic carbocycles. The summed E-state index contributed by atoms with van der Waals surface area (Å²) in [6, 6.07) is 9.70. The van der Waals surface area contributed by atoms with Crippen LogP contribution in [0.4, 0.5) is 0 Å². The molecule has 0 atom stereocenters. The fourth-order valence-corrected chi connectivity index (χ4v) is 1.59. The van der Waals surface area contributed by atoms with Gasteiger partial charge in [0.15, 0.2) is 0 Å². The number of nitrogens with zero attached hydrogens (tertiary/aromatic N) is 1. The highest BCUT2D eigenvalue weighted by Gasteiger charge is 2.02. The highest BCUT2D eigenvalue weighted by atomic mass is 14.7. The third-order valence-corrected chi connectivity index (χ3v) is 2.48. The number of aliphatic imine (C=N–C) groups is 1. The molecular formula is C17H18N2.